The zero-order valence-corrected chi connectivity index (χ0v) is 13.1. The van der Waals surface area contributed by atoms with E-state index < -0.39 is 13.5 Å². The third kappa shape index (κ3) is 2.20. The van der Waals surface area contributed by atoms with Crippen molar-refractivity contribution in [3.63, 3.8) is 0 Å². The molecule has 1 N–H and O–H groups in total. The van der Waals surface area contributed by atoms with Gasteiger partial charge in [-0.05, 0) is 0 Å². The predicted molar refractivity (Wildman–Crippen MR) is 83.9 cm³/mol. The average molecular weight is 317 g/mol. The Hall–Kier alpha value is -0.852. The van der Waals surface area contributed by atoms with Crippen molar-refractivity contribution in [2.75, 3.05) is 11.1 Å². The van der Waals surface area contributed by atoms with Gasteiger partial charge in [-0.1, -0.05) is 0 Å². The number of rotatable bonds is 3. The van der Waals surface area contributed by atoms with Crippen molar-refractivity contribution in [3.8, 4) is 0 Å². The number of nitrogens with one attached hydrogen (secondary N) is 1. The number of anilines is 2. The number of hydrogen-bond donors (Lipinski definition) is 1. The molecule has 0 aliphatic carbocycles. The summed E-state index contributed by atoms with van der Waals surface area (Å²) in [5.74, 6) is 1.27. The van der Waals surface area contributed by atoms with E-state index in [4.69, 9.17) is 0 Å². The van der Waals surface area contributed by atoms with E-state index in [1.807, 2.05) is 0 Å². The topological polar surface area (TPSA) is 12.0 Å². The summed E-state index contributed by atoms with van der Waals surface area (Å²) < 4.78 is 3.12. The second-order valence-corrected chi connectivity index (χ2v) is 11.7. The maximum absolute atomic E-state index is 3.57. The molecule has 1 aliphatic heterocycles. The van der Waals surface area contributed by atoms with Crippen molar-refractivity contribution in [2.45, 2.75) is 13.3 Å². The third-order valence-corrected chi connectivity index (χ3v) is 12.1. The Kier molecular flexibility index (Phi) is 3.67. The van der Waals surface area contributed by atoms with Gasteiger partial charge < -0.3 is 0 Å². The molecule has 0 saturated heterocycles. The van der Waals surface area contributed by atoms with Crippen LogP contribution in [0.25, 0.3) is 0 Å². The van der Waals surface area contributed by atoms with Gasteiger partial charge in [-0.3, -0.25) is 0 Å². The Morgan fingerprint density at radius 2 is 1.50 bits per heavy atom. The van der Waals surface area contributed by atoms with E-state index in [1.54, 1.807) is 8.70 Å². The van der Waals surface area contributed by atoms with Gasteiger partial charge in [0, 0.05) is 0 Å². The molecule has 3 rings (SSSR count). The maximum atomic E-state index is 3.57. The first-order chi connectivity index (χ1) is 8.90. The van der Waals surface area contributed by atoms with E-state index in [0.29, 0.717) is 0 Å². The van der Waals surface area contributed by atoms with E-state index in [0.717, 1.165) is 0 Å². The van der Waals surface area contributed by atoms with Crippen molar-refractivity contribution in [3.05, 3.63) is 48.5 Å². The number of hydrogen-bond acceptors (Lipinski definition) is 2. The monoisotopic (exact) mass is 317 g/mol. The molecule has 0 unspecified atom stereocenters. The van der Waals surface area contributed by atoms with Crippen molar-refractivity contribution in [2.24, 2.45) is 0 Å². The van der Waals surface area contributed by atoms with Crippen molar-refractivity contribution in [1.29, 1.82) is 0 Å². The summed E-state index contributed by atoms with van der Waals surface area (Å²) in [7, 11) is 2.19. The van der Waals surface area contributed by atoms with Gasteiger partial charge in [0.2, 0.25) is 0 Å². The van der Waals surface area contributed by atoms with Crippen LogP contribution in [0.1, 0.15) is 13.3 Å². The summed E-state index contributed by atoms with van der Waals surface area (Å²) in [4.78, 5) is 0. The van der Waals surface area contributed by atoms with Gasteiger partial charge >= 0.3 is 117 Å². The summed E-state index contributed by atoms with van der Waals surface area (Å²) in [5, 5.41) is 3.57. The molecule has 0 saturated carbocycles. The average Bonchev–Trinajstić information content (AvgIpc) is 2.43. The molecule has 0 amide bonds. The van der Waals surface area contributed by atoms with Crippen molar-refractivity contribution >= 4 is 43.6 Å². The zero-order valence-electron chi connectivity index (χ0n) is 10.4. The van der Waals surface area contributed by atoms with Crippen LogP contribution >= 0.6 is 10.0 Å². The van der Waals surface area contributed by atoms with Crippen LogP contribution in [0.2, 0.25) is 0 Å². The molecule has 2 aromatic rings. The Labute approximate surface area is 116 Å². The molecule has 0 aromatic heterocycles. The number of benzene rings is 2. The van der Waals surface area contributed by atoms with Gasteiger partial charge in [0.15, 0.2) is 0 Å². The first-order valence-corrected chi connectivity index (χ1v) is 11.4. The van der Waals surface area contributed by atoms with E-state index in [2.05, 4.69) is 70.8 Å². The fraction of sp³-hybridized carbons (Fsp3) is 0.200. The van der Waals surface area contributed by atoms with Crippen molar-refractivity contribution < 1.29 is 0 Å². The Morgan fingerprint density at radius 3 is 2.06 bits per heavy atom. The van der Waals surface area contributed by atoms with Gasteiger partial charge in [0.25, 0.3) is 0 Å². The molecule has 3 heteroatoms. The molecule has 0 radical (unpaired) electrons. The first-order valence-electron chi connectivity index (χ1n) is 6.28. The van der Waals surface area contributed by atoms with Crippen LogP contribution in [0.15, 0.2) is 48.5 Å². The summed E-state index contributed by atoms with van der Waals surface area (Å²) in [6.07, 6.45) is 1.26. The normalized spacial score (nSPS) is 13.6. The molecule has 18 heavy (non-hydrogen) atoms. The SMILES string of the molecule is CCCS[As]1c2ccccc2Nc2ccccc21. The third-order valence-electron chi connectivity index (χ3n) is 2.94. The van der Waals surface area contributed by atoms with Crippen LogP contribution in [0, 0.1) is 0 Å². The van der Waals surface area contributed by atoms with Gasteiger partial charge in [-0.15, -0.1) is 0 Å². The van der Waals surface area contributed by atoms with E-state index in [9.17, 15) is 0 Å². The standard InChI is InChI=1S/C15H16AsNS/c1-2-11-18-16-12-7-3-5-9-14(12)17-15-10-6-4-8-13(15)16/h3-10,17H,2,11H2,1H3. The predicted octanol–water partition coefficient (Wildman–Crippen LogP) is 2.99. The first kappa shape index (κ1) is 12.2. The molecule has 1 nitrogen and oxygen atoms in total. The van der Waals surface area contributed by atoms with E-state index >= 15 is 0 Å². The molecule has 0 atom stereocenters. The van der Waals surface area contributed by atoms with Crippen LogP contribution in [0.5, 0.6) is 0 Å². The molecular weight excluding hydrogens is 301 g/mol. The molecule has 0 spiro atoms. The van der Waals surface area contributed by atoms with Gasteiger partial charge in [0.1, 0.15) is 0 Å². The molecule has 1 aliphatic rings. The zero-order chi connectivity index (χ0) is 12.4. The molecule has 92 valence electrons. The van der Waals surface area contributed by atoms with Gasteiger partial charge in [-0.25, -0.2) is 0 Å². The van der Waals surface area contributed by atoms with Gasteiger partial charge in [0.05, 0.1) is 0 Å². The van der Waals surface area contributed by atoms with E-state index in [1.165, 1.54) is 23.5 Å². The molecule has 0 bridgehead atoms. The minimum absolute atomic E-state index is 1.16. The van der Waals surface area contributed by atoms with Crippen molar-refractivity contribution in [1.82, 2.24) is 0 Å². The number of para-hydroxylation sites is 2. The summed E-state index contributed by atoms with van der Waals surface area (Å²) in [6, 6.07) is 17.6. The van der Waals surface area contributed by atoms with Crippen LogP contribution in [0.4, 0.5) is 11.4 Å². The second kappa shape index (κ2) is 5.42. The van der Waals surface area contributed by atoms with Crippen LogP contribution in [-0.4, -0.2) is 19.2 Å². The number of fused-ring (bicyclic) bond motifs is 2. The molecule has 1 heterocycles. The van der Waals surface area contributed by atoms with Gasteiger partial charge in [-0.2, -0.15) is 0 Å². The fourth-order valence-electron chi connectivity index (χ4n) is 2.11. The summed E-state index contributed by atoms with van der Waals surface area (Å²) in [6.45, 7) is 2.27. The Morgan fingerprint density at radius 1 is 0.944 bits per heavy atom. The Balaban J connectivity index is 2.05. The molecular formula is C15H16AsNS. The van der Waals surface area contributed by atoms with Crippen LogP contribution in [0.3, 0.4) is 0 Å². The Bertz CT molecular complexity index is 510. The quantitative estimate of drug-likeness (QED) is 0.874. The fourth-order valence-corrected chi connectivity index (χ4v) is 11.4. The second-order valence-electron chi connectivity index (χ2n) is 4.29. The summed E-state index contributed by atoms with van der Waals surface area (Å²) >= 11 is -1.16. The summed E-state index contributed by atoms with van der Waals surface area (Å²) in [5.41, 5.74) is 2.64. The van der Waals surface area contributed by atoms with E-state index in [-0.39, 0.29) is 0 Å². The molecule has 0 fully saturated rings. The van der Waals surface area contributed by atoms with Crippen LogP contribution < -0.4 is 14.0 Å². The van der Waals surface area contributed by atoms with Crippen LogP contribution in [-0.2, 0) is 0 Å². The minimum atomic E-state index is -1.16. The molecule has 2 aromatic carbocycles.